The van der Waals surface area contributed by atoms with E-state index in [9.17, 15) is 4.79 Å². The summed E-state index contributed by atoms with van der Waals surface area (Å²) < 4.78 is 1.45. The Kier molecular flexibility index (Phi) is 2.63. The van der Waals surface area contributed by atoms with Gasteiger partial charge in [-0.3, -0.25) is 0 Å². The van der Waals surface area contributed by atoms with Crippen LogP contribution in [0.25, 0.3) is 5.95 Å². The van der Waals surface area contributed by atoms with E-state index in [2.05, 4.69) is 15.1 Å². The van der Waals surface area contributed by atoms with E-state index in [1.807, 2.05) is 6.92 Å². The van der Waals surface area contributed by atoms with Gasteiger partial charge in [-0.2, -0.15) is 5.10 Å². The van der Waals surface area contributed by atoms with Crippen molar-refractivity contribution in [2.75, 3.05) is 0 Å². The van der Waals surface area contributed by atoms with Crippen molar-refractivity contribution in [1.29, 1.82) is 0 Å². The van der Waals surface area contributed by atoms with Crippen LogP contribution in [0, 0.1) is 20.8 Å². The topological polar surface area (TPSA) is 80.9 Å². The second-order valence-corrected chi connectivity index (χ2v) is 3.76. The van der Waals surface area contributed by atoms with E-state index < -0.39 is 5.97 Å². The van der Waals surface area contributed by atoms with Crippen LogP contribution in [0.5, 0.6) is 0 Å². The lowest BCUT2D eigenvalue weighted by Gasteiger charge is -2.02. The Balaban J connectivity index is 2.62. The van der Waals surface area contributed by atoms with Crippen molar-refractivity contribution in [2.24, 2.45) is 0 Å². The number of nitrogens with zero attached hydrogens (tertiary/aromatic N) is 4. The van der Waals surface area contributed by atoms with Crippen LogP contribution in [0.4, 0.5) is 0 Å². The first-order valence-corrected chi connectivity index (χ1v) is 5.10. The average Bonchev–Trinajstić information content (AvgIpc) is 2.54. The first-order valence-electron chi connectivity index (χ1n) is 5.10. The Labute approximate surface area is 98.0 Å². The van der Waals surface area contributed by atoms with Crippen LogP contribution >= 0.6 is 0 Å². The molecule has 0 aliphatic carbocycles. The minimum Gasteiger partial charge on any atom is -0.478 e. The van der Waals surface area contributed by atoms with E-state index in [1.165, 1.54) is 4.68 Å². The summed E-state index contributed by atoms with van der Waals surface area (Å²) in [7, 11) is 0. The molecule has 0 amide bonds. The number of aromatic nitrogens is 4. The van der Waals surface area contributed by atoms with E-state index in [1.54, 1.807) is 26.1 Å². The Hall–Kier alpha value is -2.24. The number of hydrogen-bond donors (Lipinski definition) is 1. The molecule has 0 saturated heterocycles. The summed E-state index contributed by atoms with van der Waals surface area (Å²) in [5, 5.41) is 13.2. The van der Waals surface area contributed by atoms with Gasteiger partial charge in [0.1, 0.15) is 5.56 Å². The van der Waals surface area contributed by atoms with Crippen molar-refractivity contribution in [2.45, 2.75) is 20.8 Å². The van der Waals surface area contributed by atoms with Gasteiger partial charge in [-0.25, -0.2) is 19.4 Å². The molecular formula is C11H12N4O2. The van der Waals surface area contributed by atoms with Gasteiger partial charge in [0.15, 0.2) is 0 Å². The number of aryl methyl sites for hydroxylation is 2. The highest BCUT2D eigenvalue weighted by Gasteiger charge is 2.19. The van der Waals surface area contributed by atoms with Crippen molar-refractivity contribution in [3.8, 4) is 5.95 Å². The van der Waals surface area contributed by atoms with Crippen molar-refractivity contribution < 1.29 is 9.90 Å². The van der Waals surface area contributed by atoms with Crippen molar-refractivity contribution in [1.82, 2.24) is 19.7 Å². The molecule has 88 valence electrons. The van der Waals surface area contributed by atoms with Gasteiger partial charge in [0, 0.05) is 11.9 Å². The zero-order chi connectivity index (χ0) is 12.6. The predicted molar refractivity (Wildman–Crippen MR) is 60.3 cm³/mol. The lowest BCUT2D eigenvalue weighted by Crippen LogP contribution is -2.06. The van der Waals surface area contributed by atoms with Gasteiger partial charge in [0.25, 0.3) is 5.95 Å². The minimum atomic E-state index is -0.987. The summed E-state index contributed by atoms with van der Waals surface area (Å²) in [4.78, 5) is 19.4. The minimum absolute atomic E-state index is 0.204. The standard InChI is InChI=1S/C11H12N4O2/c1-6-4-5-12-11(13-6)15-8(3)9(10(16)17)7(2)14-15/h4-5H,1-3H3,(H,16,17). The number of aromatic carboxylic acids is 1. The highest BCUT2D eigenvalue weighted by atomic mass is 16.4. The summed E-state index contributed by atoms with van der Waals surface area (Å²) in [6.07, 6.45) is 1.62. The van der Waals surface area contributed by atoms with E-state index in [4.69, 9.17) is 5.11 Å². The Morgan fingerprint density at radius 2 is 2.06 bits per heavy atom. The summed E-state index contributed by atoms with van der Waals surface area (Å²) in [5.41, 5.74) is 2.00. The largest absolute Gasteiger partial charge is 0.478 e. The van der Waals surface area contributed by atoms with E-state index in [0.717, 1.165) is 5.69 Å². The molecule has 2 heterocycles. The monoisotopic (exact) mass is 232 g/mol. The summed E-state index contributed by atoms with van der Waals surface area (Å²) in [6.45, 7) is 5.19. The number of carboxylic acid groups (broad SMARTS) is 1. The van der Waals surface area contributed by atoms with Crippen LogP contribution in [0.3, 0.4) is 0 Å². The zero-order valence-corrected chi connectivity index (χ0v) is 9.80. The van der Waals surface area contributed by atoms with Gasteiger partial charge in [-0.15, -0.1) is 0 Å². The van der Waals surface area contributed by atoms with E-state index >= 15 is 0 Å². The molecule has 6 nitrogen and oxygen atoms in total. The molecule has 0 radical (unpaired) electrons. The van der Waals surface area contributed by atoms with E-state index in [-0.39, 0.29) is 5.56 Å². The maximum Gasteiger partial charge on any atom is 0.339 e. The average molecular weight is 232 g/mol. The Morgan fingerprint density at radius 3 is 2.59 bits per heavy atom. The lowest BCUT2D eigenvalue weighted by molar-refractivity contribution is 0.0695. The second kappa shape index (κ2) is 3.97. The number of hydrogen-bond acceptors (Lipinski definition) is 4. The van der Waals surface area contributed by atoms with Gasteiger partial charge < -0.3 is 5.11 Å². The molecule has 0 saturated carbocycles. The first-order chi connectivity index (χ1) is 8.00. The van der Waals surface area contributed by atoms with Crippen molar-refractivity contribution in [3.05, 3.63) is 34.9 Å². The number of carboxylic acids is 1. The van der Waals surface area contributed by atoms with Gasteiger partial charge in [-0.1, -0.05) is 0 Å². The third kappa shape index (κ3) is 1.89. The summed E-state index contributed by atoms with van der Waals surface area (Å²) in [6, 6.07) is 1.77. The predicted octanol–water partition coefficient (Wildman–Crippen LogP) is 1.29. The smallest absolute Gasteiger partial charge is 0.339 e. The highest BCUT2D eigenvalue weighted by molar-refractivity contribution is 5.90. The van der Waals surface area contributed by atoms with Crippen molar-refractivity contribution in [3.63, 3.8) is 0 Å². The van der Waals surface area contributed by atoms with Crippen LogP contribution in [0.1, 0.15) is 27.4 Å². The molecular weight excluding hydrogens is 220 g/mol. The lowest BCUT2D eigenvalue weighted by atomic mass is 10.2. The molecule has 17 heavy (non-hydrogen) atoms. The highest BCUT2D eigenvalue weighted by Crippen LogP contribution is 2.15. The maximum atomic E-state index is 11.1. The number of rotatable bonds is 2. The van der Waals surface area contributed by atoms with Crippen LogP contribution in [0.2, 0.25) is 0 Å². The fraction of sp³-hybridized carbons (Fsp3) is 0.273. The Bertz CT molecular complexity index is 589. The van der Waals surface area contributed by atoms with Crippen LogP contribution in [-0.2, 0) is 0 Å². The van der Waals surface area contributed by atoms with Crippen LogP contribution in [-0.4, -0.2) is 30.8 Å². The maximum absolute atomic E-state index is 11.1. The summed E-state index contributed by atoms with van der Waals surface area (Å²) in [5.74, 6) is -0.600. The molecule has 0 spiro atoms. The molecule has 0 atom stereocenters. The first kappa shape index (κ1) is 11.3. The molecule has 6 heteroatoms. The molecule has 0 aliphatic heterocycles. The normalized spacial score (nSPS) is 10.5. The van der Waals surface area contributed by atoms with Gasteiger partial charge in [0.2, 0.25) is 0 Å². The Morgan fingerprint density at radius 1 is 1.35 bits per heavy atom. The van der Waals surface area contributed by atoms with Crippen LogP contribution in [0.15, 0.2) is 12.3 Å². The molecule has 2 aromatic heterocycles. The fourth-order valence-corrected chi connectivity index (χ4v) is 1.68. The molecule has 2 aromatic rings. The second-order valence-electron chi connectivity index (χ2n) is 3.76. The molecule has 0 aromatic carbocycles. The molecule has 0 fully saturated rings. The van der Waals surface area contributed by atoms with Gasteiger partial charge in [0.05, 0.1) is 11.4 Å². The SMILES string of the molecule is Cc1ccnc(-n2nc(C)c(C(=O)O)c2C)n1. The molecule has 1 N–H and O–H groups in total. The van der Waals surface area contributed by atoms with Gasteiger partial charge >= 0.3 is 5.97 Å². The third-order valence-electron chi connectivity index (χ3n) is 2.48. The van der Waals surface area contributed by atoms with Crippen molar-refractivity contribution >= 4 is 5.97 Å². The summed E-state index contributed by atoms with van der Waals surface area (Å²) >= 11 is 0. The van der Waals surface area contributed by atoms with Crippen LogP contribution < -0.4 is 0 Å². The molecule has 0 bridgehead atoms. The number of carbonyl (C=O) groups is 1. The third-order valence-corrected chi connectivity index (χ3v) is 2.48. The molecule has 0 aliphatic rings. The van der Waals surface area contributed by atoms with Gasteiger partial charge in [-0.05, 0) is 26.8 Å². The molecule has 2 rings (SSSR count). The van der Waals surface area contributed by atoms with E-state index in [0.29, 0.717) is 17.3 Å². The molecule has 0 unspecified atom stereocenters. The quantitative estimate of drug-likeness (QED) is 0.843. The fourth-order valence-electron chi connectivity index (χ4n) is 1.68. The zero-order valence-electron chi connectivity index (χ0n) is 9.80.